The average Bonchev–Trinajstić information content (AvgIpc) is 3.19. The van der Waals surface area contributed by atoms with E-state index in [0.717, 1.165) is 11.1 Å². The molecule has 1 atom stereocenters. The highest BCUT2D eigenvalue weighted by Gasteiger charge is 2.38. The molecule has 1 amide bonds. The van der Waals surface area contributed by atoms with E-state index >= 15 is 0 Å². The summed E-state index contributed by atoms with van der Waals surface area (Å²) < 4.78 is 10.3. The van der Waals surface area contributed by atoms with Crippen molar-refractivity contribution in [2.45, 2.75) is 18.4 Å². The van der Waals surface area contributed by atoms with Gasteiger partial charge in [0, 0.05) is 17.7 Å². The zero-order valence-corrected chi connectivity index (χ0v) is 12.5. The normalized spacial score (nSPS) is 20.3. The van der Waals surface area contributed by atoms with E-state index in [1.165, 1.54) is 0 Å². The number of aliphatic carboxylic acids is 1. The summed E-state index contributed by atoms with van der Waals surface area (Å²) in [5.74, 6) is -1.26. The molecule has 1 aromatic heterocycles. The molecule has 1 unspecified atom stereocenters. The van der Waals surface area contributed by atoms with E-state index in [-0.39, 0.29) is 18.9 Å². The van der Waals surface area contributed by atoms with Crippen molar-refractivity contribution in [2.75, 3.05) is 13.2 Å². The molecule has 1 aromatic carbocycles. The SMILES string of the molecule is O=C(O)CC1(NC(=O)c2cccc(-c3ccoc3)c2)CCOC1. The van der Waals surface area contributed by atoms with Gasteiger partial charge in [0.05, 0.1) is 31.1 Å². The molecular formula is C17H17NO5. The number of carboxylic acids is 1. The first-order chi connectivity index (χ1) is 11.1. The van der Waals surface area contributed by atoms with Gasteiger partial charge in [-0.3, -0.25) is 9.59 Å². The summed E-state index contributed by atoms with van der Waals surface area (Å²) in [4.78, 5) is 23.6. The monoisotopic (exact) mass is 315 g/mol. The summed E-state index contributed by atoms with van der Waals surface area (Å²) in [6.45, 7) is 0.662. The molecule has 1 aliphatic heterocycles. The van der Waals surface area contributed by atoms with Crippen LogP contribution in [-0.4, -0.2) is 35.7 Å². The van der Waals surface area contributed by atoms with Gasteiger partial charge in [-0.05, 0) is 30.2 Å². The number of nitrogens with one attached hydrogen (secondary N) is 1. The minimum Gasteiger partial charge on any atom is -0.481 e. The van der Waals surface area contributed by atoms with Gasteiger partial charge >= 0.3 is 5.97 Å². The van der Waals surface area contributed by atoms with Crippen LogP contribution in [0.25, 0.3) is 11.1 Å². The first-order valence-corrected chi connectivity index (χ1v) is 7.33. The Labute approximate surface area is 133 Å². The van der Waals surface area contributed by atoms with Gasteiger partial charge in [0.15, 0.2) is 0 Å². The summed E-state index contributed by atoms with van der Waals surface area (Å²) >= 11 is 0. The molecule has 2 N–H and O–H groups in total. The fourth-order valence-corrected chi connectivity index (χ4v) is 2.76. The number of amides is 1. The lowest BCUT2D eigenvalue weighted by molar-refractivity contribution is -0.138. The van der Waals surface area contributed by atoms with Gasteiger partial charge in [-0.1, -0.05) is 12.1 Å². The van der Waals surface area contributed by atoms with Gasteiger partial charge in [0.2, 0.25) is 0 Å². The molecule has 0 aliphatic carbocycles. The summed E-state index contributed by atoms with van der Waals surface area (Å²) in [6, 6.07) is 8.93. The van der Waals surface area contributed by atoms with Crippen LogP contribution >= 0.6 is 0 Å². The Morgan fingerprint density at radius 2 is 2.13 bits per heavy atom. The first kappa shape index (κ1) is 15.3. The number of furan rings is 1. The molecular weight excluding hydrogens is 298 g/mol. The molecule has 2 aromatic rings. The smallest absolute Gasteiger partial charge is 0.305 e. The molecule has 1 aliphatic rings. The maximum atomic E-state index is 12.5. The molecule has 0 radical (unpaired) electrons. The first-order valence-electron chi connectivity index (χ1n) is 7.33. The standard InChI is InChI=1S/C17H17NO5/c19-15(20)9-17(5-7-23-11-17)18-16(21)13-3-1-2-12(8-13)14-4-6-22-10-14/h1-4,6,8,10H,5,7,9,11H2,(H,18,21)(H,19,20). The van der Waals surface area contributed by atoms with Gasteiger partial charge in [0.1, 0.15) is 0 Å². The molecule has 2 heterocycles. The van der Waals surface area contributed by atoms with Crippen LogP contribution in [-0.2, 0) is 9.53 Å². The molecule has 23 heavy (non-hydrogen) atoms. The van der Waals surface area contributed by atoms with Crippen LogP contribution in [0.5, 0.6) is 0 Å². The Kier molecular flexibility index (Phi) is 4.16. The fourth-order valence-electron chi connectivity index (χ4n) is 2.76. The number of ether oxygens (including phenoxy) is 1. The van der Waals surface area contributed by atoms with Crippen molar-refractivity contribution in [3.05, 3.63) is 48.4 Å². The molecule has 0 spiro atoms. The van der Waals surface area contributed by atoms with Gasteiger partial charge < -0.3 is 19.6 Å². The predicted molar refractivity (Wildman–Crippen MR) is 82.0 cm³/mol. The highest BCUT2D eigenvalue weighted by atomic mass is 16.5. The van der Waals surface area contributed by atoms with Crippen LogP contribution < -0.4 is 5.32 Å². The third kappa shape index (κ3) is 3.43. The highest BCUT2D eigenvalue weighted by Crippen LogP contribution is 2.25. The molecule has 1 saturated heterocycles. The topological polar surface area (TPSA) is 88.8 Å². The minimum atomic E-state index is -0.956. The van der Waals surface area contributed by atoms with Crippen molar-refractivity contribution >= 4 is 11.9 Å². The van der Waals surface area contributed by atoms with Crippen LogP contribution in [0.4, 0.5) is 0 Å². The number of hydrogen-bond donors (Lipinski definition) is 2. The van der Waals surface area contributed by atoms with E-state index in [2.05, 4.69) is 5.32 Å². The second kappa shape index (κ2) is 6.26. The highest BCUT2D eigenvalue weighted by molar-refractivity contribution is 5.96. The predicted octanol–water partition coefficient (Wildman–Crippen LogP) is 2.31. The Hall–Kier alpha value is -2.60. The number of benzene rings is 1. The molecule has 6 heteroatoms. The van der Waals surface area contributed by atoms with Crippen molar-refractivity contribution in [3.63, 3.8) is 0 Å². The van der Waals surface area contributed by atoms with Crippen molar-refractivity contribution in [2.24, 2.45) is 0 Å². The van der Waals surface area contributed by atoms with Crippen molar-refractivity contribution in [1.82, 2.24) is 5.32 Å². The number of carbonyl (C=O) groups excluding carboxylic acids is 1. The van der Waals surface area contributed by atoms with Gasteiger partial charge in [0.25, 0.3) is 5.91 Å². The summed E-state index contributed by atoms with van der Waals surface area (Å²) in [7, 11) is 0. The molecule has 6 nitrogen and oxygen atoms in total. The largest absolute Gasteiger partial charge is 0.481 e. The second-order valence-electron chi connectivity index (χ2n) is 5.70. The van der Waals surface area contributed by atoms with E-state index < -0.39 is 11.5 Å². The van der Waals surface area contributed by atoms with Gasteiger partial charge in [-0.2, -0.15) is 0 Å². The van der Waals surface area contributed by atoms with Crippen LogP contribution in [0.15, 0.2) is 47.3 Å². The molecule has 3 rings (SSSR count). The minimum absolute atomic E-state index is 0.153. The third-order valence-corrected chi connectivity index (χ3v) is 3.95. The second-order valence-corrected chi connectivity index (χ2v) is 5.70. The number of hydrogen-bond acceptors (Lipinski definition) is 4. The van der Waals surface area contributed by atoms with E-state index in [9.17, 15) is 9.59 Å². The van der Waals surface area contributed by atoms with Crippen molar-refractivity contribution in [3.8, 4) is 11.1 Å². The van der Waals surface area contributed by atoms with Crippen LogP contribution in [0.2, 0.25) is 0 Å². The zero-order chi connectivity index (χ0) is 16.3. The zero-order valence-electron chi connectivity index (χ0n) is 12.5. The Morgan fingerprint density at radius 3 is 2.78 bits per heavy atom. The van der Waals surface area contributed by atoms with Gasteiger partial charge in [-0.25, -0.2) is 0 Å². The van der Waals surface area contributed by atoms with E-state index in [1.54, 1.807) is 30.7 Å². The molecule has 0 saturated carbocycles. The van der Waals surface area contributed by atoms with Crippen molar-refractivity contribution < 1.29 is 23.8 Å². The quantitative estimate of drug-likeness (QED) is 0.884. The van der Waals surface area contributed by atoms with E-state index in [4.69, 9.17) is 14.3 Å². The maximum absolute atomic E-state index is 12.5. The maximum Gasteiger partial charge on any atom is 0.305 e. The average molecular weight is 315 g/mol. The molecule has 120 valence electrons. The number of rotatable bonds is 5. The number of carbonyl (C=O) groups is 2. The van der Waals surface area contributed by atoms with Crippen LogP contribution in [0, 0.1) is 0 Å². The summed E-state index contributed by atoms with van der Waals surface area (Å²) in [5, 5.41) is 11.9. The Balaban J connectivity index is 1.80. The summed E-state index contributed by atoms with van der Waals surface area (Å²) in [6.07, 6.45) is 3.51. The molecule has 1 fully saturated rings. The van der Waals surface area contributed by atoms with Crippen molar-refractivity contribution in [1.29, 1.82) is 0 Å². The number of carboxylic acid groups (broad SMARTS) is 1. The Morgan fingerprint density at radius 1 is 1.26 bits per heavy atom. The summed E-state index contributed by atoms with van der Waals surface area (Å²) in [5.41, 5.74) is 1.37. The third-order valence-electron chi connectivity index (χ3n) is 3.95. The van der Waals surface area contributed by atoms with Crippen LogP contribution in [0.3, 0.4) is 0 Å². The molecule has 0 bridgehead atoms. The van der Waals surface area contributed by atoms with E-state index in [1.807, 2.05) is 12.1 Å². The fraction of sp³-hybridized carbons (Fsp3) is 0.294. The van der Waals surface area contributed by atoms with Crippen LogP contribution in [0.1, 0.15) is 23.2 Å². The van der Waals surface area contributed by atoms with Gasteiger partial charge in [-0.15, -0.1) is 0 Å². The lowest BCUT2D eigenvalue weighted by Gasteiger charge is -2.27. The van der Waals surface area contributed by atoms with E-state index in [0.29, 0.717) is 18.6 Å². The lowest BCUT2D eigenvalue weighted by Crippen LogP contribution is -2.50. The Bertz CT molecular complexity index is 702. The lowest BCUT2D eigenvalue weighted by atomic mass is 9.93.